The van der Waals surface area contributed by atoms with E-state index in [4.69, 9.17) is 0 Å². The topological polar surface area (TPSA) is 16.6 Å². The lowest BCUT2D eigenvalue weighted by atomic mass is 10.1. The Morgan fingerprint density at radius 3 is 3.00 bits per heavy atom. The van der Waals surface area contributed by atoms with Crippen LogP contribution in [0.25, 0.3) is 0 Å². The van der Waals surface area contributed by atoms with Gasteiger partial charge in [-0.1, -0.05) is 0 Å². The molecule has 13 heavy (non-hydrogen) atoms. The maximum Gasteiger partial charge on any atom is 0.121 e. The van der Waals surface area contributed by atoms with E-state index in [9.17, 15) is 0 Å². The fourth-order valence-corrected chi connectivity index (χ4v) is 3.04. The van der Waals surface area contributed by atoms with Crippen LogP contribution >= 0.6 is 11.3 Å². The molecule has 1 aromatic heterocycles. The van der Waals surface area contributed by atoms with E-state index in [0.717, 1.165) is 6.04 Å². The van der Waals surface area contributed by atoms with Gasteiger partial charge in [-0.2, -0.15) is 0 Å². The number of hydrogen-bond acceptors (Lipinski definition) is 1. The molecule has 0 unspecified atom stereocenters. The highest BCUT2D eigenvalue weighted by Gasteiger charge is 2.18. The van der Waals surface area contributed by atoms with Crippen molar-refractivity contribution >= 4 is 11.3 Å². The third-order valence-corrected chi connectivity index (χ3v) is 3.93. The highest BCUT2D eigenvalue weighted by atomic mass is 32.1. The summed E-state index contributed by atoms with van der Waals surface area (Å²) in [7, 11) is 0. The summed E-state index contributed by atoms with van der Waals surface area (Å²) < 4.78 is 0. The first kappa shape index (κ1) is 9.22. The van der Waals surface area contributed by atoms with Crippen molar-refractivity contribution in [3.63, 3.8) is 0 Å². The van der Waals surface area contributed by atoms with Gasteiger partial charge in [0, 0.05) is 11.3 Å². The van der Waals surface area contributed by atoms with E-state index in [1.807, 2.05) is 11.3 Å². The summed E-state index contributed by atoms with van der Waals surface area (Å²) in [5.41, 5.74) is 0. The van der Waals surface area contributed by atoms with Gasteiger partial charge in [0.1, 0.15) is 6.04 Å². The maximum absolute atomic E-state index is 2.53. The summed E-state index contributed by atoms with van der Waals surface area (Å²) in [5, 5.41) is 2.53. The predicted octanol–water partition coefficient (Wildman–Crippen LogP) is 2.24. The Bertz CT molecular complexity index is 259. The van der Waals surface area contributed by atoms with E-state index >= 15 is 0 Å². The fourth-order valence-electron chi connectivity index (χ4n) is 2.03. The fraction of sp³-hybridized carbons (Fsp3) is 0.636. The van der Waals surface area contributed by atoms with Gasteiger partial charge in [-0.15, -0.1) is 11.3 Å². The minimum atomic E-state index is 0.765. The zero-order valence-electron chi connectivity index (χ0n) is 8.25. The van der Waals surface area contributed by atoms with Gasteiger partial charge in [-0.3, -0.25) is 0 Å². The van der Waals surface area contributed by atoms with Gasteiger partial charge in [0.15, 0.2) is 0 Å². The van der Waals surface area contributed by atoms with E-state index in [0.29, 0.717) is 0 Å². The van der Waals surface area contributed by atoms with Gasteiger partial charge in [-0.05, 0) is 38.3 Å². The molecule has 2 N–H and O–H groups in total. The second kappa shape index (κ2) is 4.25. The molecule has 1 nitrogen and oxygen atoms in total. The molecule has 0 saturated carbocycles. The third-order valence-electron chi connectivity index (χ3n) is 2.80. The number of aryl methyl sites for hydroxylation is 1. The summed E-state index contributed by atoms with van der Waals surface area (Å²) in [4.78, 5) is 3.03. The van der Waals surface area contributed by atoms with Crippen LogP contribution in [-0.2, 0) is 0 Å². The number of nitrogens with two attached hydrogens (primary N) is 1. The highest BCUT2D eigenvalue weighted by Crippen LogP contribution is 2.24. The second-order valence-corrected chi connectivity index (χ2v) is 5.25. The van der Waals surface area contributed by atoms with E-state index in [2.05, 4.69) is 24.4 Å². The van der Waals surface area contributed by atoms with Crippen molar-refractivity contribution in [3.05, 3.63) is 21.9 Å². The second-order valence-electron chi connectivity index (χ2n) is 3.93. The van der Waals surface area contributed by atoms with Crippen molar-refractivity contribution in [2.75, 3.05) is 6.54 Å². The number of rotatable bonds is 1. The molecule has 1 fully saturated rings. The van der Waals surface area contributed by atoms with Gasteiger partial charge in [0.05, 0.1) is 11.4 Å². The van der Waals surface area contributed by atoms with E-state index in [1.54, 1.807) is 4.88 Å². The van der Waals surface area contributed by atoms with Crippen LogP contribution in [0.4, 0.5) is 0 Å². The average molecular weight is 196 g/mol. The largest absolute Gasteiger partial charge is 0.339 e. The molecular formula is C11H18NS+. The summed E-state index contributed by atoms with van der Waals surface area (Å²) in [5.74, 6) is 0. The highest BCUT2D eigenvalue weighted by molar-refractivity contribution is 7.11. The molecule has 1 saturated heterocycles. The molecule has 2 rings (SSSR count). The van der Waals surface area contributed by atoms with Crippen LogP contribution in [0.5, 0.6) is 0 Å². The molecule has 2 heteroatoms. The molecule has 0 aromatic carbocycles. The molecule has 0 spiro atoms. The van der Waals surface area contributed by atoms with Crippen LogP contribution in [0.1, 0.15) is 41.5 Å². The minimum Gasteiger partial charge on any atom is -0.339 e. The number of thiophene rings is 1. The number of quaternary nitrogens is 1. The predicted molar refractivity (Wildman–Crippen MR) is 57.1 cm³/mol. The minimum absolute atomic E-state index is 0.765. The summed E-state index contributed by atoms with van der Waals surface area (Å²) in [6, 6.07) is 5.33. The summed E-state index contributed by atoms with van der Waals surface area (Å²) >= 11 is 1.97. The van der Waals surface area contributed by atoms with Crippen molar-refractivity contribution in [3.8, 4) is 0 Å². The molecule has 2 heterocycles. The molecule has 1 aromatic rings. The first-order valence-electron chi connectivity index (χ1n) is 5.26. The molecule has 0 amide bonds. The van der Waals surface area contributed by atoms with E-state index < -0.39 is 0 Å². The molecule has 0 bridgehead atoms. The first-order valence-corrected chi connectivity index (χ1v) is 6.07. The van der Waals surface area contributed by atoms with Crippen molar-refractivity contribution in [1.29, 1.82) is 0 Å². The third kappa shape index (κ3) is 2.32. The zero-order chi connectivity index (χ0) is 9.10. The van der Waals surface area contributed by atoms with Gasteiger partial charge in [-0.25, -0.2) is 0 Å². The quantitative estimate of drug-likeness (QED) is 0.709. The first-order chi connectivity index (χ1) is 6.36. The van der Waals surface area contributed by atoms with Crippen LogP contribution in [0.2, 0.25) is 0 Å². The SMILES string of the molecule is Cc1ccc([C@H]2CCCCC[NH2+]2)s1. The lowest BCUT2D eigenvalue weighted by molar-refractivity contribution is -0.694. The van der Waals surface area contributed by atoms with Crippen LogP contribution in [0, 0.1) is 6.92 Å². The standard InChI is InChI=1S/C11H17NS/c1-9-6-7-11(13-9)10-5-3-2-4-8-12-10/h6-7,10,12H,2-5,8H2,1H3/p+1/t10-/m1/s1. The Morgan fingerprint density at radius 2 is 2.23 bits per heavy atom. The normalized spacial score (nSPS) is 24.2. The molecule has 0 radical (unpaired) electrons. The van der Waals surface area contributed by atoms with Crippen LogP contribution in [-0.4, -0.2) is 6.54 Å². The van der Waals surface area contributed by atoms with Crippen molar-refractivity contribution in [1.82, 2.24) is 0 Å². The van der Waals surface area contributed by atoms with Crippen LogP contribution in [0.15, 0.2) is 12.1 Å². The molecule has 72 valence electrons. The van der Waals surface area contributed by atoms with Gasteiger partial charge >= 0.3 is 0 Å². The monoisotopic (exact) mass is 196 g/mol. The smallest absolute Gasteiger partial charge is 0.121 e. The molecule has 1 atom stereocenters. The van der Waals surface area contributed by atoms with Gasteiger partial charge < -0.3 is 5.32 Å². The number of hydrogen-bond donors (Lipinski definition) is 1. The average Bonchev–Trinajstić information content (AvgIpc) is 2.43. The van der Waals surface area contributed by atoms with Crippen LogP contribution in [0.3, 0.4) is 0 Å². The van der Waals surface area contributed by atoms with Crippen molar-refractivity contribution in [2.45, 2.75) is 38.6 Å². The molecule has 1 aliphatic heterocycles. The van der Waals surface area contributed by atoms with Gasteiger partial charge in [0.2, 0.25) is 0 Å². The molecule has 1 aliphatic rings. The summed E-state index contributed by atoms with van der Waals surface area (Å²) in [6.07, 6.45) is 5.62. The molecular weight excluding hydrogens is 178 g/mol. The lowest BCUT2D eigenvalue weighted by Crippen LogP contribution is -2.84. The Kier molecular flexibility index (Phi) is 3.01. The lowest BCUT2D eigenvalue weighted by Gasteiger charge is -2.09. The maximum atomic E-state index is 2.53. The Labute approximate surface area is 84.2 Å². The Morgan fingerprint density at radius 1 is 1.31 bits per heavy atom. The van der Waals surface area contributed by atoms with Gasteiger partial charge in [0.25, 0.3) is 0 Å². The summed E-state index contributed by atoms with van der Waals surface area (Å²) in [6.45, 7) is 3.52. The zero-order valence-corrected chi connectivity index (χ0v) is 9.07. The van der Waals surface area contributed by atoms with E-state index in [-0.39, 0.29) is 0 Å². The van der Waals surface area contributed by atoms with E-state index in [1.165, 1.54) is 37.1 Å². The Balaban J connectivity index is 2.06. The van der Waals surface area contributed by atoms with Crippen molar-refractivity contribution < 1.29 is 5.32 Å². The van der Waals surface area contributed by atoms with Crippen molar-refractivity contribution in [2.24, 2.45) is 0 Å². The molecule has 0 aliphatic carbocycles. The van der Waals surface area contributed by atoms with Crippen LogP contribution < -0.4 is 5.32 Å². The Hall–Kier alpha value is -0.340.